The highest BCUT2D eigenvalue weighted by Crippen LogP contribution is 2.26. The molecular formula is C20H25N3O3. The van der Waals surface area contributed by atoms with E-state index < -0.39 is 0 Å². The van der Waals surface area contributed by atoms with Crippen LogP contribution in [0.25, 0.3) is 0 Å². The minimum absolute atomic E-state index is 0.00767. The average molecular weight is 355 g/mol. The van der Waals surface area contributed by atoms with E-state index in [4.69, 9.17) is 4.74 Å². The lowest BCUT2D eigenvalue weighted by atomic mass is 9.97. The molecule has 0 saturated carbocycles. The number of ketones is 1. The van der Waals surface area contributed by atoms with Gasteiger partial charge < -0.3 is 10.1 Å². The normalized spacial score (nSPS) is 15.9. The lowest BCUT2D eigenvalue weighted by Crippen LogP contribution is -2.35. The van der Waals surface area contributed by atoms with E-state index in [1.165, 1.54) is 5.56 Å². The molecule has 0 bridgehead atoms. The van der Waals surface area contributed by atoms with E-state index in [1.54, 1.807) is 11.6 Å². The number of benzene rings is 1. The third-order valence-electron chi connectivity index (χ3n) is 4.83. The lowest BCUT2D eigenvalue weighted by molar-refractivity contribution is -0.121. The number of carbonyl (C=O) groups excluding carboxylic acids is 2. The number of aryl methyl sites for hydroxylation is 2. The quantitative estimate of drug-likeness (QED) is 0.808. The summed E-state index contributed by atoms with van der Waals surface area (Å²) in [6.45, 7) is 6.92. The van der Waals surface area contributed by atoms with Gasteiger partial charge in [-0.2, -0.15) is 5.10 Å². The Morgan fingerprint density at radius 2 is 2.08 bits per heavy atom. The summed E-state index contributed by atoms with van der Waals surface area (Å²) in [7, 11) is 0. The maximum absolute atomic E-state index is 12.2. The summed E-state index contributed by atoms with van der Waals surface area (Å²) in [5, 5.41) is 7.36. The van der Waals surface area contributed by atoms with Crippen LogP contribution in [-0.2, 0) is 17.8 Å². The van der Waals surface area contributed by atoms with Gasteiger partial charge in [0.2, 0.25) is 5.91 Å². The van der Waals surface area contributed by atoms with Crippen LogP contribution in [0.2, 0.25) is 0 Å². The fourth-order valence-corrected chi connectivity index (χ4v) is 3.50. The number of aromatic nitrogens is 2. The molecule has 6 nitrogen and oxygen atoms in total. The number of rotatable bonds is 6. The Kier molecular flexibility index (Phi) is 5.40. The van der Waals surface area contributed by atoms with Crippen LogP contribution in [0.5, 0.6) is 5.75 Å². The van der Waals surface area contributed by atoms with Gasteiger partial charge in [-0.1, -0.05) is 18.2 Å². The zero-order valence-corrected chi connectivity index (χ0v) is 15.5. The Morgan fingerprint density at radius 3 is 2.81 bits per heavy atom. The zero-order chi connectivity index (χ0) is 18.7. The molecule has 0 spiro atoms. The van der Waals surface area contributed by atoms with Gasteiger partial charge in [0.25, 0.3) is 0 Å². The summed E-state index contributed by atoms with van der Waals surface area (Å²) in [5.41, 5.74) is 3.38. The van der Waals surface area contributed by atoms with Gasteiger partial charge in [0.1, 0.15) is 5.75 Å². The monoisotopic (exact) mass is 355 g/mol. The van der Waals surface area contributed by atoms with Crippen molar-refractivity contribution in [3.63, 3.8) is 0 Å². The van der Waals surface area contributed by atoms with E-state index >= 15 is 0 Å². The van der Waals surface area contributed by atoms with Gasteiger partial charge in [0.15, 0.2) is 5.78 Å². The van der Waals surface area contributed by atoms with Crippen LogP contribution in [0.15, 0.2) is 24.3 Å². The Balaban J connectivity index is 1.48. The van der Waals surface area contributed by atoms with Crippen molar-refractivity contribution in [3.8, 4) is 5.75 Å². The molecule has 0 saturated heterocycles. The Bertz CT molecular complexity index is 826. The van der Waals surface area contributed by atoms with Crippen molar-refractivity contribution in [3.05, 3.63) is 46.8 Å². The van der Waals surface area contributed by atoms with E-state index in [0.29, 0.717) is 37.4 Å². The van der Waals surface area contributed by atoms with Crippen molar-refractivity contribution in [2.75, 3.05) is 13.2 Å². The van der Waals surface area contributed by atoms with Gasteiger partial charge in [-0.3, -0.25) is 14.3 Å². The van der Waals surface area contributed by atoms with Crippen molar-refractivity contribution < 1.29 is 14.3 Å². The van der Waals surface area contributed by atoms with Gasteiger partial charge in [0, 0.05) is 31.1 Å². The SMILES string of the molecule is CC(=O)c1c(C)nn(CCC(=O)NC[C@@H]2COc3ccccc3C2)c1C. The molecule has 1 N–H and O–H groups in total. The minimum Gasteiger partial charge on any atom is -0.493 e. The highest BCUT2D eigenvalue weighted by molar-refractivity contribution is 5.96. The maximum Gasteiger partial charge on any atom is 0.221 e. The molecular weight excluding hydrogens is 330 g/mol. The van der Waals surface area contributed by atoms with Crippen LogP contribution in [0.3, 0.4) is 0 Å². The van der Waals surface area contributed by atoms with E-state index in [0.717, 1.165) is 17.9 Å². The first-order valence-corrected chi connectivity index (χ1v) is 8.98. The molecule has 1 aromatic carbocycles. The molecule has 0 radical (unpaired) electrons. The van der Waals surface area contributed by atoms with Gasteiger partial charge in [-0.05, 0) is 38.8 Å². The fraction of sp³-hybridized carbons (Fsp3) is 0.450. The summed E-state index contributed by atoms with van der Waals surface area (Å²) in [5.74, 6) is 1.22. The predicted octanol–water partition coefficient (Wildman–Crippen LogP) is 2.46. The second-order valence-corrected chi connectivity index (χ2v) is 6.87. The molecule has 1 aliphatic heterocycles. The van der Waals surface area contributed by atoms with Crippen molar-refractivity contribution in [1.82, 2.24) is 15.1 Å². The van der Waals surface area contributed by atoms with Crippen LogP contribution >= 0.6 is 0 Å². The lowest BCUT2D eigenvalue weighted by Gasteiger charge is -2.25. The second-order valence-electron chi connectivity index (χ2n) is 6.87. The highest BCUT2D eigenvalue weighted by Gasteiger charge is 2.20. The summed E-state index contributed by atoms with van der Waals surface area (Å²) < 4.78 is 7.50. The molecule has 1 atom stereocenters. The van der Waals surface area contributed by atoms with Crippen LogP contribution in [0, 0.1) is 19.8 Å². The van der Waals surface area contributed by atoms with Crippen molar-refractivity contribution in [2.24, 2.45) is 5.92 Å². The number of ether oxygens (including phenoxy) is 1. The van der Waals surface area contributed by atoms with Gasteiger partial charge >= 0.3 is 0 Å². The third kappa shape index (κ3) is 3.95. The summed E-state index contributed by atoms with van der Waals surface area (Å²) in [6, 6.07) is 8.02. The molecule has 2 heterocycles. The predicted molar refractivity (Wildman–Crippen MR) is 98.5 cm³/mol. The number of fused-ring (bicyclic) bond motifs is 1. The first kappa shape index (κ1) is 18.2. The standard InChI is InChI=1S/C20H25N3O3/c1-13-20(15(3)24)14(2)23(22-13)9-8-19(25)21-11-16-10-17-6-4-5-7-18(17)26-12-16/h4-7,16H,8-12H2,1-3H3,(H,21,25)/t16-/m1/s1. The summed E-state index contributed by atoms with van der Waals surface area (Å²) in [4.78, 5) is 23.8. The maximum atomic E-state index is 12.2. The van der Waals surface area contributed by atoms with Gasteiger partial charge in [0.05, 0.1) is 17.9 Å². The molecule has 1 aliphatic rings. The van der Waals surface area contributed by atoms with E-state index in [1.807, 2.05) is 32.0 Å². The van der Waals surface area contributed by atoms with Crippen LogP contribution in [0.1, 0.15) is 40.7 Å². The molecule has 0 unspecified atom stereocenters. The fourth-order valence-electron chi connectivity index (χ4n) is 3.50. The number of carbonyl (C=O) groups is 2. The number of para-hydroxylation sites is 1. The first-order valence-electron chi connectivity index (χ1n) is 8.98. The van der Waals surface area contributed by atoms with E-state index in [-0.39, 0.29) is 17.6 Å². The molecule has 0 fully saturated rings. The molecule has 26 heavy (non-hydrogen) atoms. The number of Topliss-reactive ketones (excluding diaryl/α,β-unsaturated/α-hetero) is 1. The smallest absolute Gasteiger partial charge is 0.221 e. The first-order chi connectivity index (χ1) is 12.5. The number of amides is 1. The van der Waals surface area contributed by atoms with Crippen molar-refractivity contribution in [1.29, 1.82) is 0 Å². The van der Waals surface area contributed by atoms with Crippen LogP contribution in [0.4, 0.5) is 0 Å². The molecule has 0 aliphatic carbocycles. The van der Waals surface area contributed by atoms with Crippen LogP contribution < -0.4 is 10.1 Å². The van der Waals surface area contributed by atoms with Gasteiger partial charge in [-0.25, -0.2) is 0 Å². The number of hydrogen-bond donors (Lipinski definition) is 1. The number of nitrogens with zero attached hydrogens (tertiary/aromatic N) is 2. The molecule has 1 amide bonds. The number of hydrogen-bond acceptors (Lipinski definition) is 4. The molecule has 2 aromatic rings. The topological polar surface area (TPSA) is 73.2 Å². The van der Waals surface area contributed by atoms with E-state index in [9.17, 15) is 9.59 Å². The highest BCUT2D eigenvalue weighted by atomic mass is 16.5. The third-order valence-corrected chi connectivity index (χ3v) is 4.83. The van der Waals surface area contributed by atoms with E-state index in [2.05, 4.69) is 16.5 Å². The summed E-state index contributed by atoms with van der Waals surface area (Å²) in [6.07, 6.45) is 1.25. The molecule has 3 rings (SSSR count). The molecule has 138 valence electrons. The summed E-state index contributed by atoms with van der Waals surface area (Å²) >= 11 is 0. The minimum atomic E-state index is -0.0132. The molecule has 1 aromatic heterocycles. The van der Waals surface area contributed by atoms with Crippen molar-refractivity contribution >= 4 is 11.7 Å². The van der Waals surface area contributed by atoms with Gasteiger partial charge in [-0.15, -0.1) is 0 Å². The Labute approximate surface area is 153 Å². The zero-order valence-electron chi connectivity index (χ0n) is 15.5. The number of nitrogens with one attached hydrogen (secondary N) is 1. The average Bonchev–Trinajstić information content (AvgIpc) is 2.91. The van der Waals surface area contributed by atoms with Crippen LogP contribution in [-0.4, -0.2) is 34.6 Å². The Hall–Kier alpha value is -2.63. The Morgan fingerprint density at radius 1 is 1.31 bits per heavy atom. The second kappa shape index (κ2) is 7.72. The largest absolute Gasteiger partial charge is 0.493 e. The molecule has 6 heteroatoms. The van der Waals surface area contributed by atoms with Crippen molar-refractivity contribution in [2.45, 2.75) is 40.2 Å².